The van der Waals surface area contributed by atoms with E-state index in [-0.39, 0.29) is 22.8 Å². The lowest BCUT2D eigenvalue weighted by Gasteiger charge is -2.33. The molecule has 1 aliphatic heterocycles. The van der Waals surface area contributed by atoms with Crippen molar-refractivity contribution in [2.45, 2.75) is 30.3 Å². The van der Waals surface area contributed by atoms with E-state index in [4.69, 9.17) is 4.42 Å². The maximum atomic E-state index is 15.2. The number of rotatable bonds is 7. The third kappa shape index (κ3) is 4.77. The standard InChI is InChI=1S/C23H22FN5O6S3/c1-14(15-7-3-4-8-16(15)18-9-5-6-10-28(18)37(2,31)32)29-19-11-17(24)21(12-20(19)35-23(29)30)38(33,34)27-22-25-13-26-36-22/h3-8,11-14,18H,9-10H2,1-2H3,(H,25,26,27)/t14-,18?/m1/s1. The average molecular weight is 580 g/mol. The van der Waals surface area contributed by atoms with Crippen molar-refractivity contribution in [1.82, 2.24) is 18.2 Å². The zero-order chi connectivity index (χ0) is 27.2. The lowest BCUT2D eigenvalue weighted by atomic mass is 9.92. The highest BCUT2D eigenvalue weighted by molar-refractivity contribution is 7.93. The van der Waals surface area contributed by atoms with Crippen molar-refractivity contribution >= 4 is 47.8 Å². The zero-order valence-corrected chi connectivity index (χ0v) is 22.6. The SMILES string of the molecule is C[C@H](c1ccccc1C1CC=CCN1S(C)(=O)=O)n1c(=O)oc2cc(S(=O)(=O)Nc3ncns3)c(F)cc21. The van der Waals surface area contributed by atoms with Crippen LogP contribution in [0.1, 0.15) is 36.6 Å². The summed E-state index contributed by atoms with van der Waals surface area (Å²) in [6.07, 6.45) is 6.43. The molecule has 200 valence electrons. The maximum absolute atomic E-state index is 15.2. The molecular formula is C23H22FN5O6S3. The molecule has 2 atom stereocenters. The second-order valence-corrected chi connectivity index (χ2v) is 13.1. The minimum Gasteiger partial charge on any atom is -0.408 e. The van der Waals surface area contributed by atoms with Crippen LogP contribution in [0, 0.1) is 5.82 Å². The molecule has 0 fully saturated rings. The van der Waals surface area contributed by atoms with Crippen molar-refractivity contribution in [3.63, 3.8) is 0 Å². The Bertz CT molecular complexity index is 1810. The Balaban J connectivity index is 1.59. The number of nitrogens with zero attached hydrogens (tertiary/aromatic N) is 4. The van der Waals surface area contributed by atoms with E-state index < -0.39 is 48.6 Å². The first-order valence-electron chi connectivity index (χ1n) is 11.3. The van der Waals surface area contributed by atoms with Gasteiger partial charge in [0.05, 0.1) is 23.9 Å². The van der Waals surface area contributed by atoms with Crippen LogP contribution in [0.25, 0.3) is 11.1 Å². The Morgan fingerprint density at radius 3 is 2.66 bits per heavy atom. The lowest BCUT2D eigenvalue weighted by Crippen LogP contribution is -2.36. The molecule has 38 heavy (non-hydrogen) atoms. The summed E-state index contributed by atoms with van der Waals surface area (Å²) in [4.78, 5) is 16.0. The number of aromatic nitrogens is 3. The molecule has 0 saturated carbocycles. The van der Waals surface area contributed by atoms with E-state index >= 15 is 4.39 Å². The Morgan fingerprint density at radius 2 is 1.95 bits per heavy atom. The van der Waals surface area contributed by atoms with Crippen LogP contribution in [0.4, 0.5) is 9.52 Å². The average Bonchev–Trinajstić information content (AvgIpc) is 3.48. The summed E-state index contributed by atoms with van der Waals surface area (Å²) in [5.41, 5.74) is 1.25. The molecule has 0 bridgehead atoms. The summed E-state index contributed by atoms with van der Waals surface area (Å²) in [6.45, 7) is 1.92. The van der Waals surface area contributed by atoms with Gasteiger partial charge in [0.15, 0.2) is 5.58 Å². The molecular weight excluding hydrogens is 557 g/mol. The fourth-order valence-corrected chi connectivity index (χ4v) is 7.38. The Morgan fingerprint density at radius 1 is 1.18 bits per heavy atom. The predicted molar refractivity (Wildman–Crippen MR) is 139 cm³/mol. The van der Waals surface area contributed by atoms with Gasteiger partial charge in [-0.1, -0.05) is 36.4 Å². The molecule has 1 aliphatic rings. The predicted octanol–water partition coefficient (Wildman–Crippen LogP) is 3.26. The lowest BCUT2D eigenvalue weighted by molar-refractivity contribution is 0.338. The van der Waals surface area contributed by atoms with Crippen LogP contribution >= 0.6 is 11.5 Å². The summed E-state index contributed by atoms with van der Waals surface area (Å²) >= 11 is 0.780. The quantitative estimate of drug-likeness (QED) is 0.329. The number of hydrogen-bond donors (Lipinski definition) is 1. The van der Waals surface area contributed by atoms with E-state index in [1.165, 1.54) is 8.87 Å². The summed E-state index contributed by atoms with van der Waals surface area (Å²) in [6, 6.07) is 7.79. The highest BCUT2D eigenvalue weighted by Crippen LogP contribution is 2.36. The van der Waals surface area contributed by atoms with E-state index in [0.29, 0.717) is 17.5 Å². The van der Waals surface area contributed by atoms with Gasteiger partial charge in [0.25, 0.3) is 10.0 Å². The summed E-state index contributed by atoms with van der Waals surface area (Å²) in [7, 11) is -7.91. The van der Waals surface area contributed by atoms with Crippen molar-refractivity contribution in [3.8, 4) is 0 Å². The Labute approximate surface area is 221 Å². The third-order valence-corrected chi connectivity index (χ3v) is 9.64. The van der Waals surface area contributed by atoms with Crippen LogP contribution in [0.2, 0.25) is 0 Å². The number of sulfonamides is 2. The van der Waals surface area contributed by atoms with Gasteiger partial charge in [-0.15, -0.1) is 0 Å². The highest BCUT2D eigenvalue weighted by Gasteiger charge is 2.32. The van der Waals surface area contributed by atoms with Crippen molar-refractivity contribution in [3.05, 3.63) is 82.4 Å². The molecule has 5 rings (SSSR count). The number of benzene rings is 2. The number of oxazole rings is 1. The van der Waals surface area contributed by atoms with Gasteiger partial charge in [-0.25, -0.2) is 31.0 Å². The number of hydrogen-bond acceptors (Lipinski definition) is 9. The first-order chi connectivity index (χ1) is 18.0. The van der Waals surface area contributed by atoms with Gasteiger partial charge < -0.3 is 4.42 Å². The Kier molecular flexibility index (Phi) is 6.71. The van der Waals surface area contributed by atoms with Crippen LogP contribution in [0.3, 0.4) is 0 Å². The minimum atomic E-state index is -4.38. The molecule has 1 unspecified atom stereocenters. The molecule has 2 aromatic carbocycles. The highest BCUT2D eigenvalue weighted by atomic mass is 32.2. The van der Waals surface area contributed by atoms with Crippen molar-refractivity contribution in [2.24, 2.45) is 0 Å². The van der Waals surface area contributed by atoms with E-state index in [0.717, 1.165) is 36.2 Å². The van der Waals surface area contributed by atoms with Gasteiger partial charge in [0, 0.05) is 30.2 Å². The van der Waals surface area contributed by atoms with Crippen LogP contribution in [-0.2, 0) is 20.0 Å². The molecule has 2 aromatic heterocycles. The second-order valence-electron chi connectivity index (χ2n) is 8.70. The molecule has 0 saturated heterocycles. The number of nitrogens with one attached hydrogen (secondary N) is 1. The Hall–Kier alpha value is -3.40. The fourth-order valence-electron chi connectivity index (χ4n) is 4.63. The van der Waals surface area contributed by atoms with Gasteiger partial charge in [-0.2, -0.15) is 8.68 Å². The zero-order valence-electron chi connectivity index (χ0n) is 20.1. The normalized spacial score (nSPS) is 17.6. The second kappa shape index (κ2) is 9.72. The first-order valence-corrected chi connectivity index (χ1v) is 15.4. The van der Waals surface area contributed by atoms with Crippen LogP contribution in [-0.4, -0.2) is 47.9 Å². The van der Waals surface area contributed by atoms with Gasteiger partial charge in [0.1, 0.15) is 17.0 Å². The molecule has 0 spiro atoms. The third-order valence-electron chi connectivity index (χ3n) is 6.32. The maximum Gasteiger partial charge on any atom is 0.420 e. The van der Waals surface area contributed by atoms with Gasteiger partial charge in [-0.05, 0) is 24.5 Å². The molecule has 1 N–H and O–H groups in total. The van der Waals surface area contributed by atoms with E-state index in [1.54, 1.807) is 37.3 Å². The summed E-state index contributed by atoms with van der Waals surface area (Å²) < 4.78 is 79.4. The van der Waals surface area contributed by atoms with E-state index in [9.17, 15) is 21.6 Å². The molecule has 15 heteroatoms. The molecule has 0 amide bonds. The van der Waals surface area contributed by atoms with Crippen LogP contribution < -0.4 is 10.5 Å². The van der Waals surface area contributed by atoms with Crippen LogP contribution in [0.15, 0.2) is 69.0 Å². The molecule has 0 aliphatic carbocycles. The van der Waals surface area contributed by atoms with Crippen molar-refractivity contribution < 1.29 is 25.6 Å². The topological polar surface area (TPSA) is 144 Å². The molecule has 4 aromatic rings. The van der Waals surface area contributed by atoms with E-state index in [1.807, 2.05) is 6.08 Å². The summed E-state index contributed by atoms with van der Waals surface area (Å²) in [5.74, 6) is -1.91. The minimum absolute atomic E-state index is 0.0468. The number of halogens is 1. The molecule has 0 radical (unpaired) electrons. The van der Waals surface area contributed by atoms with Gasteiger partial charge in [0.2, 0.25) is 15.2 Å². The number of anilines is 1. The van der Waals surface area contributed by atoms with Crippen molar-refractivity contribution in [1.29, 1.82) is 0 Å². The largest absolute Gasteiger partial charge is 0.420 e. The molecule has 11 nitrogen and oxygen atoms in total. The van der Waals surface area contributed by atoms with Gasteiger partial charge in [-0.3, -0.25) is 9.29 Å². The van der Waals surface area contributed by atoms with Gasteiger partial charge >= 0.3 is 5.76 Å². The fraction of sp³-hybridized carbons (Fsp3) is 0.261. The van der Waals surface area contributed by atoms with Crippen LogP contribution in [0.5, 0.6) is 0 Å². The summed E-state index contributed by atoms with van der Waals surface area (Å²) in [5, 5.41) is -0.0468. The molecule has 3 heterocycles. The smallest absolute Gasteiger partial charge is 0.408 e. The van der Waals surface area contributed by atoms with E-state index in [2.05, 4.69) is 14.1 Å². The number of fused-ring (bicyclic) bond motifs is 1. The monoisotopic (exact) mass is 579 g/mol. The first kappa shape index (κ1) is 26.2. The van der Waals surface area contributed by atoms with Crippen molar-refractivity contribution in [2.75, 3.05) is 17.5 Å².